The molecule has 0 spiro atoms. The van der Waals surface area contributed by atoms with Crippen molar-refractivity contribution >= 4 is 5.82 Å². The number of halogens is 6. The monoisotopic (exact) mass is 230 g/mol. The first-order valence-corrected chi connectivity index (χ1v) is 3.54. The largest absolute Gasteiger partial charge is 0.422 e. The first-order chi connectivity index (χ1) is 6.73. The van der Waals surface area contributed by atoms with Crippen molar-refractivity contribution < 1.29 is 26.3 Å². The zero-order chi connectivity index (χ0) is 11.8. The molecular weight excluding hydrogens is 226 g/mol. The third-order valence-electron chi connectivity index (χ3n) is 1.53. The molecule has 15 heavy (non-hydrogen) atoms. The van der Waals surface area contributed by atoms with Crippen LogP contribution in [0.5, 0.6) is 0 Å². The number of aromatic nitrogens is 1. The van der Waals surface area contributed by atoms with Gasteiger partial charge >= 0.3 is 6.18 Å². The minimum absolute atomic E-state index is 0.0177. The van der Waals surface area contributed by atoms with Crippen LogP contribution in [0.1, 0.15) is 17.7 Å². The second-order valence-electron chi connectivity index (χ2n) is 2.59. The topological polar surface area (TPSA) is 38.9 Å². The van der Waals surface area contributed by atoms with Gasteiger partial charge in [-0.15, -0.1) is 0 Å². The van der Waals surface area contributed by atoms with Gasteiger partial charge < -0.3 is 5.73 Å². The molecule has 1 rings (SSSR count). The maximum Gasteiger partial charge on any atom is 0.422 e. The number of pyridine rings is 1. The maximum absolute atomic E-state index is 12.8. The van der Waals surface area contributed by atoms with Gasteiger partial charge in [0.15, 0.2) is 0 Å². The summed E-state index contributed by atoms with van der Waals surface area (Å²) in [4.78, 5) is 2.77. The van der Waals surface area contributed by atoms with Crippen LogP contribution in [0, 0.1) is 5.82 Å². The summed E-state index contributed by atoms with van der Waals surface area (Å²) >= 11 is 0. The van der Waals surface area contributed by atoms with Gasteiger partial charge in [0, 0.05) is 6.07 Å². The fourth-order valence-electron chi connectivity index (χ4n) is 0.944. The predicted octanol–water partition coefficient (Wildman–Crippen LogP) is 2.76. The average Bonchev–Trinajstić information content (AvgIpc) is 1.99. The summed E-state index contributed by atoms with van der Waals surface area (Å²) < 4.78 is 73.1. The lowest BCUT2D eigenvalue weighted by Crippen LogP contribution is -2.14. The van der Waals surface area contributed by atoms with Crippen molar-refractivity contribution in [3.63, 3.8) is 0 Å². The van der Waals surface area contributed by atoms with E-state index in [1.807, 2.05) is 0 Å². The van der Waals surface area contributed by atoms with Gasteiger partial charge in [-0.05, 0) is 0 Å². The molecule has 0 atom stereocenters. The summed E-state index contributed by atoms with van der Waals surface area (Å²) in [5.74, 6) is -3.15. The molecule has 0 aliphatic heterocycles. The van der Waals surface area contributed by atoms with Crippen molar-refractivity contribution in [2.45, 2.75) is 12.6 Å². The van der Waals surface area contributed by atoms with Crippen LogP contribution in [-0.2, 0) is 6.18 Å². The number of hydrogen-bond donors (Lipinski definition) is 1. The lowest BCUT2D eigenvalue weighted by atomic mass is 10.2. The Morgan fingerprint density at radius 1 is 1.27 bits per heavy atom. The molecule has 2 nitrogen and oxygen atoms in total. The SMILES string of the molecule is Nc1nc(C(F)F)cc(F)c1C(F)(F)F. The van der Waals surface area contributed by atoms with E-state index in [1.165, 1.54) is 0 Å². The number of rotatable bonds is 1. The van der Waals surface area contributed by atoms with Crippen LogP contribution in [0.15, 0.2) is 6.07 Å². The van der Waals surface area contributed by atoms with Gasteiger partial charge in [0.25, 0.3) is 6.43 Å². The van der Waals surface area contributed by atoms with Crippen LogP contribution in [0.2, 0.25) is 0 Å². The molecule has 0 radical (unpaired) electrons. The number of nitrogens with two attached hydrogens (primary N) is 1. The lowest BCUT2D eigenvalue weighted by molar-refractivity contribution is -0.139. The fourth-order valence-corrected chi connectivity index (χ4v) is 0.944. The minimum atomic E-state index is -5.05. The summed E-state index contributed by atoms with van der Waals surface area (Å²) in [5, 5.41) is 0. The first-order valence-electron chi connectivity index (χ1n) is 3.54. The van der Waals surface area contributed by atoms with Crippen LogP contribution >= 0.6 is 0 Å². The van der Waals surface area contributed by atoms with Crippen LogP contribution in [0.3, 0.4) is 0 Å². The number of alkyl halides is 5. The molecule has 1 aromatic rings. The summed E-state index contributed by atoms with van der Waals surface area (Å²) in [6.07, 6.45) is -8.23. The Morgan fingerprint density at radius 2 is 1.80 bits per heavy atom. The Balaban J connectivity index is 3.34. The van der Waals surface area contributed by atoms with Gasteiger partial charge in [-0.25, -0.2) is 18.2 Å². The standard InChI is InChI=1S/C7H4F6N2/c8-2-1-3(5(9)10)15-6(14)4(2)7(11,12)13/h1,5H,(H2,14,15). The van der Waals surface area contributed by atoms with E-state index in [-0.39, 0.29) is 6.07 Å². The first kappa shape index (κ1) is 11.6. The van der Waals surface area contributed by atoms with Gasteiger partial charge in [0.05, 0.1) is 0 Å². The third-order valence-corrected chi connectivity index (χ3v) is 1.53. The summed E-state index contributed by atoms with van der Waals surface area (Å²) in [6.45, 7) is 0. The Bertz CT molecular complexity index is 349. The van der Waals surface area contributed by atoms with E-state index in [0.717, 1.165) is 0 Å². The van der Waals surface area contributed by atoms with Crippen LogP contribution in [0.25, 0.3) is 0 Å². The average molecular weight is 230 g/mol. The highest BCUT2D eigenvalue weighted by Crippen LogP contribution is 2.35. The van der Waals surface area contributed by atoms with E-state index in [2.05, 4.69) is 4.98 Å². The summed E-state index contributed by atoms with van der Waals surface area (Å²) in [5.41, 5.74) is 1.79. The van der Waals surface area contributed by atoms with E-state index in [1.54, 1.807) is 0 Å². The molecular formula is C7H4F6N2. The molecule has 0 saturated carbocycles. The van der Waals surface area contributed by atoms with Crippen molar-refractivity contribution in [3.05, 3.63) is 23.1 Å². The van der Waals surface area contributed by atoms with Crippen molar-refractivity contribution in [2.24, 2.45) is 0 Å². The molecule has 84 valence electrons. The second-order valence-corrected chi connectivity index (χ2v) is 2.59. The summed E-state index contributed by atoms with van der Waals surface area (Å²) in [7, 11) is 0. The van der Waals surface area contributed by atoms with Gasteiger partial charge in [-0.2, -0.15) is 13.2 Å². The molecule has 0 amide bonds. The van der Waals surface area contributed by atoms with Crippen LogP contribution in [-0.4, -0.2) is 4.98 Å². The highest BCUT2D eigenvalue weighted by molar-refractivity contribution is 5.43. The molecule has 0 bridgehead atoms. The molecule has 0 aliphatic rings. The van der Waals surface area contributed by atoms with Crippen LogP contribution in [0.4, 0.5) is 32.2 Å². The predicted molar refractivity (Wildman–Crippen MR) is 38.6 cm³/mol. The maximum atomic E-state index is 12.8. The lowest BCUT2D eigenvalue weighted by Gasteiger charge is -2.11. The van der Waals surface area contributed by atoms with E-state index < -0.39 is 35.5 Å². The normalized spacial score (nSPS) is 12.2. The number of nitrogen functional groups attached to an aromatic ring is 1. The Labute approximate surface area is 79.7 Å². The molecule has 1 aromatic heterocycles. The molecule has 0 saturated heterocycles. The molecule has 0 aromatic carbocycles. The van der Waals surface area contributed by atoms with Gasteiger partial charge in [0.2, 0.25) is 0 Å². The van der Waals surface area contributed by atoms with Crippen LogP contribution < -0.4 is 5.73 Å². The third kappa shape index (κ3) is 2.31. The molecule has 0 fully saturated rings. The van der Waals surface area contributed by atoms with E-state index in [0.29, 0.717) is 0 Å². The van der Waals surface area contributed by atoms with Crippen molar-refractivity contribution in [1.82, 2.24) is 4.98 Å². The molecule has 0 aliphatic carbocycles. The number of hydrogen-bond acceptors (Lipinski definition) is 2. The smallest absolute Gasteiger partial charge is 0.383 e. The number of nitrogens with zero attached hydrogens (tertiary/aromatic N) is 1. The van der Waals surface area contributed by atoms with E-state index >= 15 is 0 Å². The highest BCUT2D eigenvalue weighted by Gasteiger charge is 2.38. The molecule has 0 unspecified atom stereocenters. The fraction of sp³-hybridized carbons (Fsp3) is 0.286. The zero-order valence-corrected chi connectivity index (χ0v) is 6.95. The van der Waals surface area contributed by atoms with E-state index in [9.17, 15) is 26.3 Å². The van der Waals surface area contributed by atoms with Gasteiger partial charge in [-0.3, -0.25) is 0 Å². The van der Waals surface area contributed by atoms with E-state index in [4.69, 9.17) is 5.73 Å². The molecule has 2 N–H and O–H groups in total. The minimum Gasteiger partial charge on any atom is -0.383 e. The summed E-state index contributed by atoms with van der Waals surface area (Å²) in [6, 6.07) is 0.0177. The highest BCUT2D eigenvalue weighted by atomic mass is 19.4. The van der Waals surface area contributed by atoms with Gasteiger partial charge in [0.1, 0.15) is 22.9 Å². The van der Waals surface area contributed by atoms with Crippen molar-refractivity contribution in [3.8, 4) is 0 Å². The van der Waals surface area contributed by atoms with Crippen molar-refractivity contribution in [2.75, 3.05) is 5.73 Å². The Morgan fingerprint density at radius 3 is 2.13 bits per heavy atom. The second kappa shape index (κ2) is 3.59. The van der Waals surface area contributed by atoms with Gasteiger partial charge in [-0.1, -0.05) is 0 Å². The van der Waals surface area contributed by atoms with Crippen molar-refractivity contribution in [1.29, 1.82) is 0 Å². The quantitative estimate of drug-likeness (QED) is 0.753. The molecule has 1 heterocycles. The number of anilines is 1. The Hall–Kier alpha value is -1.47. The molecule has 8 heteroatoms. The Kier molecular flexibility index (Phi) is 2.78. The zero-order valence-electron chi connectivity index (χ0n) is 6.95.